The van der Waals surface area contributed by atoms with E-state index in [2.05, 4.69) is 34.9 Å². The molecule has 2 aromatic heterocycles. The summed E-state index contributed by atoms with van der Waals surface area (Å²) in [6.07, 6.45) is 3.44. The molecule has 0 aliphatic heterocycles. The average Bonchev–Trinajstić information content (AvgIpc) is 3.19. The van der Waals surface area contributed by atoms with E-state index in [-0.39, 0.29) is 17.5 Å². The largest absolute Gasteiger partial charge is 0.361 e. The summed E-state index contributed by atoms with van der Waals surface area (Å²) >= 11 is 1.14. The predicted octanol–water partition coefficient (Wildman–Crippen LogP) is 3.94. The maximum atomic E-state index is 13.2. The van der Waals surface area contributed by atoms with E-state index in [0.29, 0.717) is 59.8 Å². The van der Waals surface area contributed by atoms with Crippen LogP contribution in [0.5, 0.6) is 0 Å². The summed E-state index contributed by atoms with van der Waals surface area (Å²) in [6.45, 7) is 11.1. The summed E-state index contributed by atoms with van der Waals surface area (Å²) in [5, 5.41) is 3.02. The van der Waals surface area contributed by atoms with E-state index in [1.54, 1.807) is 6.20 Å². The van der Waals surface area contributed by atoms with Gasteiger partial charge in [0.05, 0.1) is 16.5 Å². The molecule has 1 amide bonds. The summed E-state index contributed by atoms with van der Waals surface area (Å²) in [6, 6.07) is 1.07. The lowest BCUT2D eigenvalue weighted by atomic mass is 9.93. The van der Waals surface area contributed by atoms with Gasteiger partial charge in [-0.3, -0.25) is 14.4 Å². The Bertz CT molecular complexity index is 992. The van der Waals surface area contributed by atoms with Crippen LogP contribution in [0.25, 0.3) is 0 Å². The summed E-state index contributed by atoms with van der Waals surface area (Å²) in [5.41, 5.74) is 0.950. The molecule has 0 fully saturated rings. The predicted molar refractivity (Wildman–Crippen MR) is 123 cm³/mol. The van der Waals surface area contributed by atoms with E-state index in [1.165, 1.54) is 6.92 Å². The lowest BCUT2D eigenvalue weighted by molar-refractivity contribution is -0.114. The smallest absolute Gasteiger partial charge is 0.223 e. The Balaban J connectivity index is 1.71. The average molecular weight is 463 g/mol. The first-order valence-electron chi connectivity index (χ1n) is 10.5. The molecule has 0 bridgehead atoms. The molecule has 3 rings (SSSR count). The van der Waals surface area contributed by atoms with E-state index < -0.39 is 14.0 Å². The van der Waals surface area contributed by atoms with Crippen molar-refractivity contribution in [3.63, 3.8) is 0 Å². The number of imidazole rings is 1. The fourth-order valence-corrected chi connectivity index (χ4v) is 5.22. The molecule has 1 atom stereocenters. The number of nitrogens with zero attached hydrogens (tertiary/aromatic N) is 3. The van der Waals surface area contributed by atoms with Crippen LogP contribution in [0.4, 0.5) is 5.13 Å². The minimum Gasteiger partial charge on any atom is -0.361 e. The Kier molecular flexibility index (Phi) is 7.23. The number of ether oxygens (including phenoxy) is 1. The van der Waals surface area contributed by atoms with Crippen LogP contribution in [0.1, 0.15) is 51.4 Å². The molecule has 1 aliphatic rings. The van der Waals surface area contributed by atoms with Gasteiger partial charge in [-0.25, -0.2) is 9.97 Å². The molecule has 0 saturated carbocycles. The third kappa shape index (κ3) is 5.96. The Morgan fingerprint density at radius 3 is 2.74 bits per heavy atom. The van der Waals surface area contributed by atoms with Gasteiger partial charge in [0.25, 0.3) is 0 Å². The third-order valence-electron chi connectivity index (χ3n) is 5.20. The molecule has 2 aromatic rings. The van der Waals surface area contributed by atoms with Gasteiger partial charge in [0.2, 0.25) is 5.91 Å². The molecule has 1 unspecified atom stereocenters. The molecular weight excluding hydrogens is 432 g/mol. The van der Waals surface area contributed by atoms with Crippen LogP contribution in [-0.2, 0) is 22.7 Å². The van der Waals surface area contributed by atoms with Gasteiger partial charge < -0.3 is 14.6 Å². The first-order chi connectivity index (χ1) is 14.5. The molecule has 0 spiro atoms. The topological polar surface area (TPSA) is 103 Å². The van der Waals surface area contributed by atoms with E-state index in [4.69, 9.17) is 4.74 Å². The second-order valence-electron chi connectivity index (χ2n) is 9.14. The van der Waals surface area contributed by atoms with Gasteiger partial charge in [-0.2, -0.15) is 0 Å². The summed E-state index contributed by atoms with van der Waals surface area (Å²) in [4.78, 5) is 46.8. The Morgan fingerprint density at radius 1 is 1.32 bits per heavy atom. The number of carbonyl (C=O) groups excluding carboxylic acids is 3. The molecule has 0 saturated heterocycles. The number of Topliss-reactive ketones (excluding diaryl/α,β-unsaturated/α-hetero) is 2. The van der Waals surface area contributed by atoms with E-state index in [1.807, 2.05) is 11.5 Å². The molecule has 8 nitrogen and oxygen atoms in total. The van der Waals surface area contributed by atoms with Crippen molar-refractivity contribution >= 4 is 42.0 Å². The number of hydrogen-bond acceptors (Lipinski definition) is 7. The van der Waals surface area contributed by atoms with Crippen LogP contribution in [-0.4, -0.2) is 46.7 Å². The standard InChI is InChI=1S/C21H30N4O4SSi/c1-13-22-17(11-25(13)12-29-9-10-31(3,4)5)18(27)15-7-6-8-16-20(19(15)28)30-21(24-16)23-14(2)26/h11,15H,6-10,12H2,1-5H3,(H,23,24,26). The number of hydrogen-bond donors (Lipinski definition) is 1. The van der Waals surface area contributed by atoms with Crippen LogP contribution in [0.3, 0.4) is 0 Å². The van der Waals surface area contributed by atoms with Crippen molar-refractivity contribution in [3.05, 3.63) is 28.3 Å². The number of amides is 1. The van der Waals surface area contributed by atoms with Crippen LogP contribution in [0.2, 0.25) is 25.7 Å². The number of thiazole rings is 1. The fraction of sp³-hybridized carbons (Fsp3) is 0.571. The molecule has 31 heavy (non-hydrogen) atoms. The van der Waals surface area contributed by atoms with Crippen molar-refractivity contribution in [2.24, 2.45) is 5.92 Å². The van der Waals surface area contributed by atoms with E-state index >= 15 is 0 Å². The highest BCUT2D eigenvalue weighted by atomic mass is 32.1. The van der Waals surface area contributed by atoms with Gasteiger partial charge in [-0.15, -0.1) is 0 Å². The van der Waals surface area contributed by atoms with E-state index in [0.717, 1.165) is 17.4 Å². The van der Waals surface area contributed by atoms with Gasteiger partial charge in [-0.1, -0.05) is 31.0 Å². The Labute approximate surface area is 187 Å². The van der Waals surface area contributed by atoms with Crippen molar-refractivity contribution in [3.8, 4) is 0 Å². The first kappa shape index (κ1) is 23.5. The van der Waals surface area contributed by atoms with Crippen LogP contribution < -0.4 is 5.32 Å². The summed E-state index contributed by atoms with van der Waals surface area (Å²) < 4.78 is 7.59. The van der Waals surface area contributed by atoms with Gasteiger partial charge in [0.1, 0.15) is 18.2 Å². The zero-order valence-electron chi connectivity index (χ0n) is 18.8. The maximum absolute atomic E-state index is 13.2. The first-order valence-corrected chi connectivity index (χ1v) is 15.0. The number of nitrogens with one attached hydrogen (secondary N) is 1. The Hall–Kier alpha value is -2.17. The van der Waals surface area contributed by atoms with Crippen LogP contribution >= 0.6 is 11.3 Å². The molecular formula is C21H30N4O4SSi. The quantitative estimate of drug-likeness (QED) is 0.210. The second kappa shape index (κ2) is 9.54. The maximum Gasteiger partial charge on any atom is 0.223 e. The molecule has 0 radical (unpaired) electrons. The Morgan fingerprint density at radius 2 is 2.06 bits per heavy atom. The highest BCUT2D eigenvalue weighted by molar-refractivity contribution is 7.17. The van der Waals surface area contributed by atoms with Crippen molar-refractivity contribution in [1.82, 2.24) is 14.5 Å². The lowest BCUT2D eigenvalue weighted by Gasteiger charge is -2.15. The molecule has 2 heterocycles. The molecule has 1 aliphatic carbocycles. The zero-order valence-corrected chi connectivity index (χ0v) is 20.6. The number of anilines is 1. The molecule has 0 aromatic carbocycles. The lowest BCUT2D eigenvalue weighted by Crippen LogP contribution is -2.23. The number of carbonyl (C=O) groups is 3. The highest BCUT2D eigenvalue weighted by Crippen LogP contribution is 2.32. The number of ketones is 2. The molecule has 10 heteroatoms. The van der Waals surface area contributed by atoms with Gasteiger partial charge in [0.15, 0.2) is 16.7 Å². The zero-order chi connectivity index (χ0) is 22.8. The SMILES string of the molecule is CC(=O)Nc1nc2c(s1)C(=O)C(C(=O)c1cn(COCC[Si](C)(C)C)c(C)n1)CCC2. The van der Waals surface area contributed by atoms with Gasteiger partial charge in [0, 0.05) is 27.8 Å². The van der Waals surface area contributed by atoms with Crippen molar-refractivity contribution < 1.29 is 19.1 Å². The number of aromatic nitrogens is 3. The van der Waals surface area contributed by atoms with E-state index in [9.17, 15) is 14.4 Å². The van der Waals surface area contributed by atoms with Gasteiger partial charge in [-0.05, 0) is 32.2 Å². The minimum atomic E-state index is -1.16. The van der Waals surface area contributed by atoms with Crippen molar-refractivity contribution in [2.45, 2.75) is 65.5 Å². The number of aryl methyl sites for hydroxylation is 2. The van der Waals surface area contributed by atoms with Crippen molar-refractivity contribution in [2.75, 3.05) is 11.9 Å². The van der Waals surface area contributed by atoms with Gasteiger partial charge >= 0.3 is 0 Å². The van der Waals surface area contributed by atoms with Crippen LogP contribution in [0.15, 0.2) is 6.20 Å². The number of fused-ring (bicyclic) bond motifs is 1. The van der Waals surface area contributed by atoms with Crippen molar-refractivity contribution in [1.29, 1.82) is 0 Å². The third-order valence-corrected chi connectivity index (χ3v) is 7.93. The second-order valence-corrected chi connectivity index (χ2v) is 15.8. The van der Waals surface area contributed by atoms with Crippen LogP contribution in [0, 0.1) is 12.8 Å². The number of rotatable bonds is 8. The minimum absolute atomic E-state index is 0.231. The molecule has 168 valence electrons. The highest BCUT2D eigenvalue weighted by Gasteiger charge is 2.35. The fourth-order valence-electron chi connectivity index (χ4n) is 3.41. The normalized spacial score (nSPS) is 16.7. The molecule has 1 N–H and O–H groups in total. The summed E-state index contributed by atoms with van der Waals surface area (Å²) in [7, 11) is -1.16. The summed E-state index contributed by atoms with van der Waals surface area (Å²) in [5.74, 6) is -0.829. The monoisotopic (exact) mass is 462 g/mol.